The summed E-state index contributed by atoms with van der Waals surface area (Å²) in [6.07, 6.45) is 10.4. The molecule has 2 aromatic heterocycles. The molecule has 1 atom stereocenters. The number of carbonyl (C=O) groups is 1. The number of pyridine rings is 1. The molecule has 0 saturated heterocycles. The van der Waals surface area contributed by atoms with Crippen LogP contribution in [0.25, 0.3) is 0 Å². The minimum Gasteiger partial charge on any atom is -0.326 e. The Labute approximate surface area is 142 Å². The van der Waals surface area contributed by atoms with Crippen LogP contribution in [0.4, 0.5) is 0 Å². The van der Waals surface area contributed by atoms with Crippen molar-refractivity contribution in [1.82, 2.24) is 19.7 Å². The van der Waals surface area contributed by atoms with Crippen LogP contribution in [0.3, 0.4) is 0 Å². The van der Waals surface area contributed by atoms with E-state index in [-0.39, 0.29) is 11.9 Å². The zero-order valence-corrected chi connectivity index (χ0v) is 14.1. The highest BCUT2D eigenvalue weighted by Crippen LogP contribution is 2.36. The Morgan fingerprint density at radius 2 is 1.96 bits per heavy atom. The highest BCUT2D eigenvalue weighted by molar-refractivity contribution is 5.93. The molecule has 5 heteroatoms. The molecule has 0 aliphatic heterocycles. The second-order valence-corrected chi connectivity index (χ2v) is 6.97. The van der Waals surface area contributed by atoms with E-state index < -0.39 is 0 Å². The van der Waals surface area contributed by atoms with E-state index in [4.69, 9.17) is 0 Å². The molecule has 1 unspecified atom stereocenters. The Kier molecular flexibility index (Phi) is 4.08. The van der Waals surface area contributed by atoms with Gasteiger partial charge in [0.2, 0.25) is 0 Å². The largest absolute Gasteiger partial charge is 0.326 e. The second kappa shape index (κ2) is 6.38. The van der Waals surface area contributed by atoms with E-state index in [1.165, 1.54) is 12.8 Å². The van der Waals surface area contributed by atoms with Crippen LogP contribution in [0.5, 0.6) is 0 Å². The smallest absolute Gasteiger partial charge is 0.272 e. The van der Waals surface area contributed by atoms with Crippen molar-refractivity contribution in [2.75, 3.05) is 0 Å². The SMILES string of the molecule is CC(c1ccccn1)N(C(=O)c1ccnn1C1CCCC1)C1CC1. The van der Waals surface area contributed by atoms with E-state index in [0.717, 1.165) is 37.1 Å². The molecule has 0 spiro atoms. The molecule has 2 aliphatic rings. The Balaban J connectivity index is 1.62. The normalized spacial score (nSPS) is 19.4. The van der Waals surface area contributed by atoms with E-state index in [0.29, 0.717) is 12.1 Å². The first-order valence-corrected chi connectivity index (χ1v) is 9.03. The molecule has 2 saturated carbocycles. The van der Waals surface area contributed by atoms with Gasteiger partial charge in [0.25, 0.3) is 5.91 Å². The molecule has 0 bridgehead atoms. The van der Waals surface area contributed by atoms with Crippen molar-refractivity contribution in [2.45, 2.75) is 63.6 Å². The van der Waals surface area contributed by atoms with Gasteiger partial charge in [-0.3, -0.25) is 14.5 Å². The van der Waals surface area contributed by atoms with Crippen molar-refractivity contribution in [3.05, 3.63) is 48.0 Å². The van der Waals surface area contributed by atoms with Crippen molar-refractivity contribution in [1.29, 1.82) is 0 Å². The summed E-state index contributed by atoms with van der Waals surface area (Å²) in [6, 6.07) is 8.47. The predicted molar refractivity (Wildman–Crippen MR) is 91.6 cm³/mol. The molecule has 24 heavy (non-hydrogen) atoms. The second-order valence-electron chi connectivity index (χ2n) is 6.97. The van der Waals surface area contributed by atoms with Crippen LogP contribution in [0.15, 0.2) is 36.7 Å². The van der Waals surface area contributed by atoms with Crippen molar-refractivity contribution in [2.24, 2.45) is 0 Å². The molecule has 1 amide bonds. The van der Waals surface area contributed by atoms with E-state index in [2.05, 4.69) is 17.0 Å². The monoisotopic (exact) mass is 324 g/mol. The molecule has 2 heterocycles. The fourth-order valence-electron chi connectivity index (χ4n) is 3.83. The Bertz CT molecular complexity index is 701. The average Bonchev–Trinajstić information content (AvgIpc) is 3.11. The summed E-state index contributed by atoms with van der Waals surface area (Å²) >= 11 is 0. The number of hydrogen-bond acceptors (Lipinski definition) is 3. The van der Waals surface area contributed by atoms with Gasteiger partial charge in [-0.2, -0.15) is 5.10 Å². The minimum atomic E-state index is -0.0156. The number of hydrogen-bond donors (Lipinski definition) is 0. The molecule has 0 radical (unpaired) electrons. The molecule has 0 aromatic carbocycles. The first-order valence-electron chi connectivity index (χ1n) is 9.03. The number of aromatic nitrogens is 3. The van der Waals surface area contributed by atoms with Crippen LogP contribution in [0.2, 0.25) is 0 Å². The highest BCUT2D eigenvalue weighted by Gasteiger charge is 2.38. The maximum Gasteiger partial charge on any atom is 0.272 e. The van der Waals surface area contributed by atoms with Gasteiger partial charge in [-0.25, -0.2) is 0 Å². The summed E-state index contributed by atoms with van der Waals surface area (Å²) in [5.74, 6) is 0.0973. The van der Waals surface area contributed by atoms with Gasteiger partial charge in [-0.05, 0) is 50.8 Å². The van der Waals surface area contributed by atoms with Gasteiger partial charge >= 0.3 is 0 Å². The van der Waals surface area contributed by atoms with E-state index in [1.54, 1.807) is 12.4 Å². The lowest BCUT2D eigenvalue weighted by atomic mass is 10.1. The zero-order chi connectivity index (χ0) is 16.5. The van der Waals surface area contributed by atoms with Gasteiger partial charge in [-0.1, -0.05) is 18.9 Å². The Hall–Kier alpha value is -2.17. The van der Waals surface area contributed by atoms with Gasteiger partial charge in [0.05, 0.1) is 17.8 Å². The minimum absolute atomic E-state index is 0.0156. The fourth-order valence-corrected chi connectivity index (χ4v) is 3.83. The van der Waals surface area contributed by atoms with E-state index in [9.17, 15) is 4.79 Å². The molecule has 5 nitrogen and oxygen atoms in total. The van der Waals surface area contributed by atoms with Gasteiger partial charge in [-0.15, -0.1) is 0 Å². The molecule has 126 valence electrons. The van der Waals surface area contributed by atoms with Crippen LogP contribution >= 0.6 is 0 Å². The molecule has 0 N–H and O–H groups in total. The third kappa shape index (κ3) is 2.83. The van der Waals surface area contributed by atoms with Gasteiger partial charge in [0.15, 0.2) is 0 Å². The topological polar surface area (TPSA) is 51.0 Å². The lowest BCUT2D eigenvalue weighted by Crippen LogP contribution is -2.37. The predicted octanol–water partition coefficient (Wildman–Crippen LogP) is 3.76. The molecule has 2 aliphatic carbocycles. The standard InChI is InChI=1S/C19H24N4O/c1-14(17-8-4-5-12-20-17)22(15-9-10-15)19(24)18-11-13-21-23(18)16-6-2-3-7-16/h4-5,8,11-16H,2-3,6-7,9-10H2,1H3. The summed E-state index contributed by atoms with van der Waals surface area (Å²) in [7, 11) is 0. The molecule has 4 rings (SSSR count). The Morgan fingerprint density at radius 3 is 2.62 bits per heavy atom. The number of carbonyl (C=O) groups excluding carboxylic acids is 1. The van der Waals surface area contributed by atoms with Crippen LogP contribution < -0.4 is 0 Å². The quantitative estimate of drug-likeness (QED) is 0.841. The van der Waals surface area contributed by atoms with E-state index in [1.807, 2.05) is 33.8 Å². The molecular formula is C19H24N4O. The molecular weight excluding hydrogens is 300 g/mol. The third-order valence-corrected chi connectivity index (χ3v) is 5.27. The number of nitrogens with zero attached hydrogens (tertiary/aromatic N) is 4. The number of rotatable bonds is 5. The number of amides is 1. The first-order chi connectivity index (χ1) is 11.8. The zero-order valence-electron chi connectivity index (χ0n) is 14.1. The molecule has 2 aromatic rings. The molecule has 2 fully saturated rings. The van der Waals surface area contributed by atoms with E-state index >= 15 is 0 Å². The summed E-state index contributed by atoms with van der Waals surface area (Å²) in [5, 5.41) is 4.47. The van der Waals surface area contributed by atoms with Gasteiger partial charge in [0, 0.05) is 18.4 Å². The van der Waals surface area contributed by atoms with Crippen molar-refractivity contribution >= 4 is 5.91 Å². The van der Waals surface area contributed by atoms with Gasteiger partial charge in [0.1, 0.15) is 5.69 Å². The Morgan fingerprint density at radius 1 is 1.17 bits per heavy atom. The summed E-state index contributed by atoms with van der Waals surface area (Å²) in [4.78, 5) is 19.8. The van der Waals surface area contributed by atoms with Crippen LogP contribution in [0.1, 0.15) is 73.7 Å². The first kappa shape index (κ1) is 15.4. The third-order valence-electron chi connectivity index (χ3n) is 5.27. The lowest BCUT2D eigenvalue weighted by Gasteiger charge is -2.29. The van der Waals surface area contributed by atoms with Crippen molar-refractivity contribution < 1.29 is 4.79 Å². The summed E-state index contributed by atoms with van der Waals surface area (Å²) in [6.45, 7) is 2.08. The lowest BCUT2D eigenvalue weighted by molar-refractivity contribution is 0.0654. The maximum absolute atomic E-state index is 13.3. The average molecular weight is 324 g/mol. The van der Waals surface area contributed by atoms with Crippen molar-refractivity contribution in [3.63, 3.8) is 0 Å². The fraction of sp³-hybridized carbons (Fsp3) is 0.526. The van der Waals surface area contributed by atoms with Crippen LogP contribution in [-0.4, -0.2) is 31.6 Å². The maximum atomic E-state index is 13.3. The highest BCUT2D eigenvalue weighted by atomic mass is 16.2. The van der Waals surface area contributed by atoms with Gasteiger partial charge < -0.3 is 4.90 Å². The van der Waals surface area contributed by atoms with Crippen LogP contribution in [-0.2, 0) is 0 Å². The summed E-state index contributed by atoms with van der Waals surface area (Å²) in [5.41, 5.74) is 1.68. The van der Waals surface area contributed by atoms with Crippen LogP contribution in [0, 0.1) is 0 Å². The van der Waals surface area contributed by atoms with Crippen molar-refractivity contribution in [3.8, 4) is 0 Å². The summed E-state index contributed by atoms with van der Waals surface area (Å²) < 4.78 is 1.97.